The topological polar surface area (TPSA) is 72.7 Å². The Morgan fingerprint density at radius 1 is 1.45 bits per heavy atom. The minimum Gasteiger partial charge on any atom is -0.290 e. The first-order valence-corrected chi connectivity index (χ1v) is 8.53. The van der Waals surface area contributed by atoms with Gasteiger partial charge in [0, 0.05) is 12.4 Å². The van der Waals surface area contributed by atoms with Gasteiger partial charge in [0.2, 0.25) is 5.95 Å². The molecule has 0 spiro atoms. The van der Waals surface area contributed by atoms with Gasteiger partial charge in [-0.3, -0.25) is 10.1 Å². The highest BCUT2D eigenvalue weighted by Gasteiger charge is 2.14. The van der Waals surface area contributed by atoms with Crippen LogP contribution in [0, 0.1) is 0 Å². The first-order chi connectivity index (χ1) is 10.7. The van der Waals surface area contributed by atoms with E-state index in [0.717, 1.165) is 10.0 Å². The molecule has 0 radical (unpaired) electrons. The van der Waals surface area contributed by atoms with Crippen molar-refractivity contribution in [1.82, 2.24) is 19.1 Å². The van der Waals surface area contributed by atoms with Gasteiger partial charge in [-0.15, -0.1) is 0 Å². The van der Waals surface area contributed by atoms with Gasteiger partial charge < -0.3 is 0 Å². The van der Waals surface area contributed by atoms with Crippen molar-refractivity contribution in [1.29, 1.82) is 0 Å². The summed E-state index contributed by atoms with van der Waals surface area (Å²) in [5, 5.41) is 7.13. The zero-order valence-corrected chi connectivity index (χ0v) is 13.7. The monoisotopic (exact) mass is 351 g/mol. The molecule has 1 amide bonds. The molecule has 3 rings (SSSR count). The van der Waals surface area contributed by atoms with Gasteiger partial charge in [-0.1, -0.05) is 23.4 Å². The van der Waals surface area contributed by atoms with Crippen molar-refractivity contribution < 1.29 is 4.79 Å². The molecule has 2 heterocycles. The van der Waals surface area contributed by atoms with Crippen LogP contribution in [0.4, 0.5) is 5.95 Å². The fourth-order valence-corrected chi connectivity index (χ4v) is 2.93. The summed E-state index contributed by atoms with van der Waals surface area (Å²) in [5.74, 6) is -0.0793. The summed E-state index contributed by atoms with van der Waals surface area (Å²) in [4.78, 5) is 16.5. The van der Waals surface area contributed by atoms with Crippen molar-refractivity contribution >= 4 is 46.8 Å². The Morgan fingerprint density at radius 2 is 2.32 bits per heavy atom. The standard InChI is InChI=1S/C13H10ClN5OS2/c1-21-13-17-12(18-22-13)16-11(20)9-7-8(3-4-10(9)14)19-6-2-5-15-19/h2-7H,1H3,(H,16,18,20). The molecule has 3 aromatic rings. The summed E-state index contributed by atoms with van der Waals surface area (Å²) >= 11 is 8.82. The lowest BCUT2D eigenvalue weighted by atomic mass is 10.2. The Hall–Kier alpha value is -1.90. The second-order valence-electron chi connectivity index (χ2n) is 4.16. The van der Waals surface area contributed by atoms with Crippen LogP contribution in [-0.4, -0.2) is 31.3 Å². The van der Waals surface area contributed by atoms with Gasteiger partial charge in [0.25, 0.3) is 5.91 Å². The second-order valence-corrected chi connectivity index (χ2v) is 6.37. The number of carbonyl (C=O) groups excluding carboxylic acids is 1. The predicted octanol–water partition coefficient (Wildman–Crippen LogP) is 3.35. The molecular weight excluding hydrogens is 342 g/mol. The fourth-order valence-electron chi connectivity index (χ4n) is 1.76. The van der Waals surface area contributed by atoms with E-state index in [4.69, 9.17) is 11.6 Å². The molecule has 0 atom stereocenters. The third kappa shape index (κ3) is 3.13. The van der Waals surface area contributed by atoms with Crippen LogP contribution in [-0.2, 0) is 0 Å². The van der Waals surface area contributed by atoms with E-state index >= 15 is 0 Å². The van der Waals surface area contributed by atoms with E-state index in [1.54, 1.807) is 41.3 Å². The lowest BCUT2D eigenvalue weighted by Crippen LogP contribution is -2.14. The van der Waals surface area contributed by atoms with E-state index in [-0.39, 0.29) is 11.9 Å². The molecule has 1 N–H and O–H groups in total. The molecular formula is C13H10ClN5OS2. The SMILES string of the molecule is CSc1nc(NC(=O)c2cc(-n3cccn3)ccc2Cl)ns1. The quantitative estimate of drug-likeness (QED) is 0.730. The molecule has 0 bridgehead atoms. The van der Waals surface area contributed by atoms with Crippen LogP contribution in [0.15, 0.2) is 41.0 Å². The van der Waals surface area contributed by atoms with Gasteiger partial charge in [-0.05, 0) is 42.1 Å². The van der Waals surface area contributed by atoms with Gasteiger partial charge in [-0.2, -0.15) is 14.5 Å². The number of benzene rings is 1. The second kappa shape index (κ2) is 6.47. The number of halogens is 1. The third-order valence-electron chi connectivity index (χ3n) is 2.77. The van der Waals surface area contributed by atoms with E-state index in [0.29, 0.717) is 10.6 Å². The molecule has 0 aliphatic carbocycles. The molecule has 0 fully saturated rings. The molecule has 0 saturated heterocycles. The number of nitrogens with zero attached hydrogens (tertiary/aromatic N) is 4. The highest BCUT2D eigenvalue weighted by Crippen LogP contribution is 2.22. The number of hydrogen-bond acceptors (Lipinski definition) is 6. The Bertz CT molecular complexity index is 803. The molecule has 0 unspecified atom stereocenters. The Morgan fingerprint density at radius 3 is 3.00 bits per heavy atom. The van der Waals surface area contributed by atoms with Crippen molar-refractivity contribution in [3.63, 3.8) is 0 Å². The lowest BCUT2D eigenvalue weighted by Gasteiger charge is -2.07. The average Bonchev–Trinajstić information content (AvgIpc) is 3.18. The summed E-state index contributed by atoms with van der Waals surface area (Å²) in [7, 11) is 0. The van der Waals surface area contributed by atoms with Gasteiger partial charge in [0.05, 0.1) is 16.3 Å². The molecule has 1 aromatic carbocycles. The van der Waals surface area contributed by atoms with Gasteiger partial charge in [0.1, 0.15) is 0 Å². The van der Waals surface area contributed by atoms with Crippen LogP contribution in [0.1, 0.15) is 10.4 Å². The largest absolute Gasteiger partial charge is 0.290 e. The van der Waals surface area contributed by atoms with Crippen LogP contribution >= 0.6 is 34.9 Å². The Kier molecular flexibility index (Phi) is 4.41. The van der Waals surface area contributed by atoms with Crippen LogP contribution in [0.5, 0.6) is 0 Å². The Labute approximate surface area is 139 Å². The summed E-state index contributed by atoms with van der Waals surface area (Å²) in [6.07, 6.45) is 5.35. The number of hydrogen-bond donors (Lipinski definition) is 1. The van der Waals surface area contributed by atoms with Crippen LogP contribution < -0.4 is 5.32 Å². The van der Waals surface area contributed by atoms with Gasteiger partial charge >= 0.3 is 0 Å². The maximum Gasteiger partial charge on any atom is 0.259 e. The van der Waals surface area contributed by atoms with Crippen molar-refractivity contribution in [2.75, 3.05) is 11.6 Å². The third-order valence-corrected chi connectivity index (χ3v) is 4.78. The van der Waals surface area contributed by atoms with E-state index in [1.807, 2.05) is 6.26 Å². The minimum absolute atomic E-state index is 0.278. The zero-order chi connectivity index (χ0) is 15.5. The van der Waals surface area contributed by atoms with E-state index in [2.05, 4.69) is 19.8 Å². The fraction of sp³-hybridized carbons (Fsp3) is 0.0769. The van der Waals surface area contributed by atoms with Crippen molar-refractivity contribution in [2.45, 2.75) is 4.34 Å². The average molecular weight is 352 g/mol. The van der Waals surface area contributed by atoms with Crippen molar-refractivity contribution in [2.24, 2.45) is 0 Å². The zero-order valence-electron chi connectivity index (χ0n) is 11.4. The summed E-state index contributed by atoms with van der Waals surface area (Å²) in [6, 6.07) is 6.93. The number of rotatable bonds is 4. The minimum atomic E-state index is -0.357. The number of amides is 1. The first kappa shape index (κ1) is 15.0. The predicted molar refractivity (Wildman–Crippen MR) is 88.2 cm³/mol. The molecule has 22 heavy (non-hydrogen) atoms. The number of thioether (sulfide) groups is 1. The van der Waals surface area contributed by atoms with E-state index < -0.39 is 0 Å². The summed E-state index contributed by atoms with van der Waals surface area (Å²) in [5.41, 5.74) is 1.09. The van der Waals surface area contributed by atoms with E-state index in [9.17, 15) is 4.79 Å². The van der Waals surface area contributed by atoms with Gasteiger partial charge in [-0.25, -0.2) is 4.68 Å². The maximum absolute atomic E-state index is 12.3. The number of aromatic nitrogens is 4. The molecule has 0 aliphatic heterocycles. The molecule has 6 nitrogen and oxygen atoms in total. The van der Waals surface area contributed by atoms with Crippen molar-refractivity contribution in [3.05, 3.63) is 47.2 Å². The number of anilines is 1. The molecule has 0 aliphatic rings. The normalized spacial score (nSPS) is 10.6. The summed E-state index contributed by atoms with van der Waals surface area (Å²) in [6.45, 7) is 0. The van der Waals surface area contributed by atoms with Crippen LogP contribution in [0.2, 0.25) is 5.02 Å². The summed E-state index contributed by atoms with van der Waals surface area (Å²) < 4.78 is 6.51. The number of carbonyl (C=O) groups is 1. The first-order valence-electron chi connectivity index (χ1n) is 6.16. The smallest absolute Gasteiger partial charge is 0.259 e. The highest BCUT2D eigenvalue weighted by molar-refractivity contribution is 8.00. The lowest BCUT2D eigenvalue weighted by molar-refractivity contribution is 0.102. The maximum atomic E-state index is 12.3. The van der Waals surface area contributed by atoms with E-state index in [1.165, 1.54) is 23.3 Å². The Balaban J connectivity index is 1.86. The molecule has 112 valence electrons. The highest BCUT2D eigenvalue weighted by atomic mass is 35.5. The van der Waals surface area contributed by atoms with Crippen molar-refractivity contribution in [3.8, 4) is 5.69 Å². The molecule has 9 heteroatoms. The number of nitrogens with one attached hydrogen (secondary N) is 1. The van der Waals surface area contributed by atoms with Crippen LogP contribution in [0.3, 0.4) is 0 Å². The van der Waals surface area contributed by atoms with Crippen LogP contribution in [0.25, 0.3) is 5.69 Å². The molecule has 0 saturated carbocycles. The molecule has 2 aromatic heterocycles. The van der Waals surface area contributed by atoms with Gasteiger partial charge in [0.15, 0.2) is 4.34 Å².